The molecule has 1 unspecified atom stereocenters. The van der Waals surface area contributed by atoms with Crippen molar-refractivity contribution in [1.29, 1.82) is 0 Å². The predicted octanol–water partition coefficient (Wildman–Crippen LogP) is 5.37. The highest BCUT2D eigenvalue weighted by molar-refractivity contribution is 7.99. The first-order valence-electron chi connectivity index (χ1n) is 11.6. The Hall–Kier alpha value is -3.00. The van der Waals surface area contributed by atoms with Gasteiger partial charge in [-0.25, -0.2) is 0 Å². The fourth-order valence-corrected chi connectivity index (χ4v) is 4.43. The molecule has 1 amide bonds. The quantitative estimate of drug-likeness (QED) is 0.350. The van der Waals surface area contributed by atoms with Crippen molar-refractivity contribution < 1.29 is 14.3 Å². The van der Waals surface area contributed by atoms with Gasteiger partial charge in [0, 0.05) is 12.1 Å². The van der Waals surface area contributed by atoms with Gasteiger partial charge in [-0.3, -0.25) is 4.79 Å². The Kier molecular flexibility index (Phi) is 9.39. The predicted molar refractivity (Wildman–Crippen MR) is 136 cm³/mol. The summed E-state index contributed by atoms with van der Waals surface area (Å²) in [4.78, 5) is 12.9. The highest BCUT2D eigenvalue weighted by atomic mass is 32.2. The minimum Gasteiger partial charge on any atom is -0.497 e. The van der Waals surface area contributed by atoms with Gasteiger partial charge in [0.2, 0.25) is 5.91 Å². The summed E-state index contributed by atoms with van der Waals surface area (Å²) < 4.78 is 12.6. The third-order valence-electron chi connectivity index (χ3n) is 5.59. The van der Waals surface area contributed by atoms with E-state index < -0.39 is 0 Å². The van der Waals surface area contributed by atoms with Crippen LogP contribution in [-0.4, -0.2) is 40.6 Å². The lowest BCUT2D eigenvalue weighted by Gasteiger charge is -2.23. The molecule has 0 spiro atoms. The van der Waals surface area contributed by atoms with Gasteiger partial charge in [0.25, 0.3) is 0 Å². The Morgan fingerprint density at radius 2 is 1.62 bits per heavy atom. The van der Waals surface area contributed by atoms with Crippen LogP contribution >= 0.6 is 11.8 Å². The number of rotatable bonds is 12. The van der Waals surface area contributed by atoms with Crippen LogP contribution < -0.4 is 14.8 Å². The van der Waals surface area contributed by atoms with Crippen molar-refractivity contribution in [3.8, 4) is 22.9 Å². The molecule has 3 aromatic rings. The third-order valence-corrected chi connectivity index (χ3v) is 6.56. The highest BCUT2D eigenvalue weighted by Gasteiger charge is 2.20. The molecule has 1 aromatic heterocycles. The van der Waals surface area contributed by atoms with Crippen molar-refractivity contribution in [1.82, 2.24) is 20.1 Å². The number of aromatic nitrogens is 3. The van der Waals surface area contributed by atoms with Crippen LogP contribution in [0.15, 0.2) is 53.7 Å². The minimum atomic E-state index is -0.0770. The molecule has 0 saturated heterocycles. The first-order valence-corrected chi connectivity index (χ1v) is 12.6. The van der Waals surface area contributed by atoms with Crippen LogP contribution in [0.3, 0.4) is 0 Å². The average Bonchev–Trinajstić information content (AvgIpc) is 3.27. The van der Waals surface area contributed by atoms with E-state index in [0.717, 1.165) is 53.0 Å². The fourth-order valence-electron chi connectivity index (χ4n) is 3.66. The Balaban J connectivity index is 1.71. The number of benzene rings is 2. The molecule has 34 heavy (non-hydrogen) atoms. The maximum atomic E-state index is 12.9. The third kappa shape index (κ3) is 6.53. The molecule has 0 aliphatic heterocycles. The molecular formula is C26H34N4O3S. The molecule has 1 heterocycles. The molecule has 8 heteroatoms. The van der Waals surface area contributed by atoms with Gasteiger partial charge in [0.1, 0.15) is 11.5 Å². The lowest BCUT2D eigenvalue weighted by atomic mass is 9.96. The zero-order chi connectivity index (χ0) is 24.5. The lowest BCUT2D eigenvalue weighted by Crippen LogP contribution is -2.33. The van der Waals surface area contributed by atoms with E-state index in [1.807, 2.05) is 48.5 Å². The van der Waals surface area contributed by atoms with Gasteiger partial charge in [-0.2, -0.15) is 0 Å². The largest absolute Gasteiger partial charge is 0.497 e. The van der Waals surface area contributed by atoms with E-state index in [1.165, 1.54) is 11.8 Å². The number of carbonyl (C=O) groups is 1. The molecule has 0 fully saturated rings. The molecule has 0 radical (unpaired) electrons. The second kappa shape index (κ2) is 12.5. The van der Waals surface area contributed by atoms with Crippen LogP contribution in [0.2, 0.25) is 0 Å². The number of thioether (sulfide) groups is 1. The molecule has 1 N–H and O–H groups in total. The summed E-state index contributed by atoms with van der Waals surface area (Å²) in [6, 6.07) is 15.6. The Morgan fingerprint density at radius 3 is 2.18 bits per heavy atom. The zero-order valence-electron chi connectivity index (χ0n) is 20.6. The van der Waals surface area contributed by atoms with E-state index in [0.29, 0.717) is 0 Å². The summed E-state index contributed by atoms with van der Waals surface area (Å²) in [5.74, 6) is 2.88. The lowest BCUT2D eigenvalue weighted by molar-refractivity contribution is -0.119. The van der Waals surface area contributed by atoms with Crippen LogP contribution in [0.25, 0.3) is 11.4 Å². The summed E-state index contributed by atoms with van der Waals surface area (Å²) in [6.45, 7) is 7.16. The van der Waals surface area contributed by atoms with Gasteiger partial charge >= 0.3 is 0 Å². The number of hydrogen-bond acceptors (Lipinski definition) is 6. The molecule has 7 nitrogen and oxygen atoms in total. The van der Waals surface area contributed by atoms with E-state index in [2.05, 4.69) is 40.9 Å². The van der Waals surface area contributed by atoms with Crippen LogP contribution in [0.1, 0.15) is 45.2 Å². The molecule has 3 rings (SSSR count). The van der Waals surface area contributed by atoms with Gasteiger partial charge in [-0.15, -0.1) is 10.2 Å². The number of hydrogen-bond donors (Lipinski definition) is 1. The zero-order valence-corrected chi connectivity index (χ0v) is 21.4. The summed E-state index contributed by atoms with van der Waals surface area (Å²) in [7, 11) is 3.30. The number of ether oxygens (including phenoxy) is 2. The van der Waals surface area contributed by atoms with E-state index in [-0.39, 0.29) is 23.6 Å². The Morgan fingerprint density at radius 1 is 1.00 bits per heavy atom. The second-order valence-corrected chi connectivity index (χ2v) is 9.33. The topological polar surface area (TPSA) is 78.3 Å². The SMILES string of the molecule is CCCCn1c(SCC(=O)NC(c2ccc(OC)cc2)C(C)C)nnc1-c1ccc(OC)cc1. The monoisotopic (exact) mass is 482 g/mol. The number of carbonyl (C=O) groups excluding carboxylic acids is 1. The van der Waals surface area contributed by atoms with Crippen molar-refractivity contribution >= 4 is 17.7 Å². The number of methoxy groups -OCH3 is 2. The van der Waals surface area contributed by atoms with Gasteiger partial charge in [0.05, 0.1) is 26.0 Å². The highest BCUT2D eigenvalue weighted by Crippen LogP contribution is 2.27. The molecule has 0 aliphatic rings. The van der Waals surface area contributed by atoms with Crippen molar-refractivity contribution in [2.75, 3.05) is 20.0 Å². The van der Waals surface area contributed by atoms with E-state index in [4.69, 9.17) is 9.47 Å². The van der Waals surface area contributed by atoms with Crippen molar-refractivity contribution in [2.24, 2.45) is 5.92 Å². The van der Waals surface area contributed by atoms with Crippen molar-refractivity contribution in [3.63, 3.8) is 0 Å². The molecule has 0 aliphatic carbocycles. The number of nitrogens with zero attached hydrogens (tertiary/aromatic N) is 3. The normalized spacial score (nSPS) is 11.9. The summed E-state index contributed by atoms with van der Waals surface area (Å²) in [5.41, 5.74) is 2.03. The van der Waals surface area contributed by atoms with E-state index in [9.17, 15) is 4.79 Å². The molecule has 2 aromatic carbocycles. The first kappa shape index (κ1) is 25.6. The first-order chi connectivity index (χ1) is 16.5. The van der Waals surface area contributed by atoms with Gasteiger partial charge in [-0.05, 0) is 54.3 Å². The number of nitrogens with one attached hydrogen (secondary N) is 1. The smallest absolute Gasteiger partial charge is 0.230 e. The van der Waals surface area contributed by atoms with Gasteiger partial charge in [-0.1, -0.05) is 51.1 Å². The Bertz CT molecular complexity index is 1050. The molecule has 182 valence electrons. The van der Waals surface area contributed by atoms with Crippen LogP contribution in [-0.2, 0) is 11.3 Å². The molecule has 0 bridgehead atoms. The van der Waals surface area contributed by atoms with Gasteiger partial charge < -0.3 is 19.4 Å². The minimum absolute atomic E-state index is 0.0319. The maximum Gasteiger partial charge on any atom is 0.230 e. The summed E-state index contributed by atoms with van der Waals surface area (Å²) >= 11 is 1.42. The van der Waals surface area contributed by atoms with Crippen molar-refractivity contribution in [3.05, 3.63) is 54.1 Å². The van der Waals surface area contributed by atoms with E-state index in [1.54, 1.807) is 14.2 Å². The summed E-state index contributed by atoms with van der Waals surface area (Å²) in [6.07, 6.45) is 2.07. The Labute approximate surface area is 206 Å². The molecule has 1 atom stereocenters. The van der Waals surface area contributed by atoms with E-state index >= 15 is 0 Å². The number of unbranched alkanes of at least 4 members (excludes halogenated alkanes) is 1. The molecule has 0 saturated carbocycles. The number of amides is 1. The van der Waals surface area contributed by atoms with Crippen LogP contribution in [0.5, 0.6) is 11.5 Å². The standard InChI is InChI=1S/C26H34N4O3S/c1-6-7-16-30-25(20-10-14-22(33-5)15-11-20)28-29-26(30)34-17-23(31)27-24(18(2)3)19-8-12-21(32-4)13-9-19/h8-15,18,24H,6-7,16-17H2,1-5H3,(H,27,31). The van der Waals surface area contributed by atoms with Crippen molar-refractivity contribution in [2.45, 2.75) is 51.4 Å². The average molecular weight is 483 g/mol. The van der Waals surface area contributed by atoms with Crippen LogP contribution in [0.4, 0.5) is 0 Å². The van der Waals surface area contributed by atoms with Crippen LogP contribution in [0, 0.1) is 5.92 Å². The van der Waals surface area contributed by atoms with Gasteiger partial charge in [0.15, 0.2) is 11.0 Å². The fraction of sp³-hybridized carbons (Fsp3) is 0.423. The summed E-state index contributed by atoms with van der Waals surface area (Å²) in [5, 5.41) is 12.8. The second-order valence-electron chi connectivity index (χ2n) is 8.39. The molecular weight excluding hydrogens is 448 g/mol. The maximum absolute atomic E-state index is 12.9.